The van der Waals surface area contributed by atoms with Gasteiger partial charge in [0, 0.05) is 23.7 Å². The van der Waals surface area contributed by atoms with E-state index in [-0.39, 0.29) is 0 Å². The molecule has 0 amide bonds. The zero-order valence-electron chi connectivity index (χ0n) is 12.9. The Morgan fingerprint density at radius 3 is 2.90 bits per heavy atom. The maximum Gasteiger partial charge on any atom is 0.101 e. The number of thioether (sulfide) groups is 1. The molecule has 3 rings (SSSR count). The number of nitrogens with one attached hydrogen (secondary N) is 1. The number of nitrogens with zero attached hydrogens (tertiary/aromatic N) is 1. The van der Waals surface area contributed by atoms with Crippen molar-refractivity contribution in [3.8, 4) is 0 Å². The molecule has 0 aliphatic heterocycles. The van der Waals surface area contributed by atoms with Crippen molar-refractivity contribution in [2.24, 2.45) is 5.92 Å². The van der Waals surface area contributed by atoms with Gasteiger partial charge in [-0.1, -0.05) is 38.5 Å². The molecule has 0 radical (unpaired) electrons. The average molecular weight is 300 g/mol. The third-order valence-corrected chi connectivity index (χ3v) is 5.49. The highest BCUT2D eigenvalue weighted by molar-refractivity contribution is 7.99. The summed E-state index contributed by atoms with van der Waals surface area (Å²) in [5.41, 5.74) is 2.47. The number of para-hydroxylation sites is 1. The third kappa shape index (κ3) is 3.98. The number of hydrogen-bond acceptors (Lipinski definition) is 3. The van der Waals surface area contributed by atoms with Gasteiger partial charge in [-0.3, -0.25) is 0 Å². The third-order valence-electron chi connectivity index (χ3n) is 4.12. The second-order valence-corrected chi connectivity index (χ2v) is 7.13. The van der Waals surface area contributed by atoms with Crippen LogP contribution in [0.3, 0.4) is 0 Å². The molecule has 2 nitrogen and oxygen atoms in total. The van der Waals surface area contributed by atoms with Gasteiger partial charge in [0.15, 0.2) is 0 Å². The average Bonchev–Trinajstić information content (AvgIpc) is 3.34. The van der Waals surface area contributed by atoms with Crippen molar-refractivity contribution >= 4 is 22.7 Å². The molecule has 1 aliphatic carbocycles. The van der Waals surface area contributed by atoms with Gasteiger partial charge in [0.05, 0.1) is 5.52 Å². The van der Waals surface area contributed by atoms with Crippen LogP contribution in [0.5, 0.6) is 0 Å². The van der Waals surface area contributed by atoms with Gasteiger partial charge in [-0.05, 0) is 36.5 Å². The van der Waals surface area contributed by atoms with Crippen molar-refractivity contribution in [2.45, 2.75) is 50.7 Å². The number of fused-ring (bicyclic) bond motifs is 1. The fourth-order valence-electron chi connectivity index (χ4n) is 2.27. The first-order valence-electron chi connectivity index (χ1n) is 8.01. The molecule has 1 unspecified atom stereocenters. The first-order chi connectivity index (χ1) is 10.3. The maximum atomic E-state index is 4.90. The van der Waals surface area contributed by atoms with Gasteiger partial charge in [0.2, 0.25) is 0 Å². The van der Waals surface area contributed by atoms with E-state index in [1.165, 1.54) is 35.2 Å². The monoisotopic (exact) mass is 300 g/mol. The lowest BCUT2D eigenvalue weighted by atomic mass is 10.1. The number of pyridine rings is 1. The normalized spacial score (nSPS) is 16.3. The number of rotatable bonds is 7. The van der Waals surface area contributed by atoms with E-state index in [9.17, 15) is 0 Å². The van der Waals surface area contributed by atoms with Gasteiger partial charge >= 0.3 is 0 Å². The van der Waals surface area contributed by atoms with Gasteiger partial charge in [-0.2, -0.15) is 0 Å². The zero-order chi connectivity index (χ0) is 14.7. The minimum absolute atomic E-state index is 0.740. The summed E-state index contributed by atoms with van der Waals surface area (Å²) in [6.07, 6.45) is 3.89. The number of hydrogen-bond donors (Lipinski definition) is 1. The number of benzene rings is 1. The molecule has 1 fully saturated rings. The predicted molar refractivity (Wildman–Crippen MR) is 91.8 cm³/mol. The van der Waals surface area contributed by atoms with Crippen LogP contribution in [-0.4, -0.2) is 16.8 Å². The van der Waals surface area contributed by atoms with E-state index in [0.717, 1.165) is 29.8 Å². The molecule has 1 atom stereocenters. The highest BCUT2D eigenvalue weighted by atomic mass is 32.2. The molecule has 1 saturated carbocycles. The first kappa shape index (κ1) is 14.9. The van der Waals surface area contributed by atoms with Gasteiger partial charge < -0.3 is 5.32 Å². The molecular formula is C18H24N2S. The maximum absolute atomic E-state index is 4.90. The van der Waals surface area contributed by atoms with Crippen LogP contribution in [0.4, 0.5) is 0 Å². The van der Waals surface area contributed by atoms with E-state index >= 15 is 0 Å². The Labute approximate surface area is 131 Å². The second kappa shape index (κ2) is 6.80. The molecule has 1 aromatic carbocycles. The van der Waals surface area contributed by atoms with E-state index in [1.807, 2.05) is 11.8 Å². The van der Waals surface area contributed by atoms with Crippen LogP contribution < -0.4 is 5.32 Å². The lowest BCUT2D eigenvalue weighted by molar-refractivity contribution is 0.635. The van der Waals surface area contributed by atoms with Crippen molar-refractivity contribution in [1.29, 1.82) is 0 Å². The molecule has 2 aromatic rings. The molecule has 3 heteroatoms. The Kier molecular flexibility index (Phi) is 4.81. The predicted octanol–water partition coefficient (Wildman–Crippen LogP) is 4.63. The molecule has 1 aliphatic rings. The van der Waals surface area contributed by atoms with E-state index in [0.29, 0.717) is 0 Å². The summed E-state index contributed by atoms with van der Waals surface area (Å²) in [6.45, 7) is 5.52. The van der Waals surface area contributed by atoms with Crippen molar-refractivity contribution in [2.75, 3.05) is 5.75 Å². The summed E-state index contributed by atoms with van der Waals surface area (Å²) in [5, 5.41) is 6.08. The fraction of sp³-hybridized carbons (Fsp3) is 0.500. The molecule has 112 valence electrons. The van der Waals surface area contributed by atoms with Gasteiger partial charge in [0.25, 0.3) is 0 Å². The van der Waals surface area contributed by atoms with Crippen LogP contribution in [0, 0.1) is 5.92 Å². The van der Waals surface area contributed by atoms with Gasteiger partial charge in [0.1, 0.15) is 5.03 Å². The van der Waals surface area contributed by atoms with Crippen molar-refractivity contribution in [1.82, 2.24) is 10.3 Å². The quantitative estimate of drug-likeness (QED) is 0.755. The van der Waals surface area contributed by atoms with E-state index in [1.54, 1.807) is 0 Å². The topological polar surface area (TPSA) is 24.9 Å². The highest BCUT2D eigenvalue weighted by Crippen LogP contribution is 2.28. The lowest BCUT2D eigenvalue weighted by Crippen LogP contribution is -2.16. The largest absolute Gasteiger partial charge is 0.310 e. The molecule has 0 saturated heterocycles. The van der Waals surface area contributed by atoms with Crippen molar-refractivity contribution < 1.29 is 0 Å². The Morgan fingerprint density at radius 2 is 2.14 bits per heavy atom. The van der Waals surface area contributed by atoms with Crippen LogP contribution >= 0.6 is 11.8 Å². The first-order valence-corrected chi connectivity index (χ1v) is 8.99. The molecule has 0 spiro atoms. The molecule has 1 heterocycles. The summed E-state index contributed by atoms with van der Waals surface area (Å²) in [4.78, 5) is 4.90. The minimum Gasteiger partial charge on any atom is -0.310 e. The SMILES string of the molecule is CCC(C)CSc1nc2ccccc2cc1CNC1CC1. The van der Waals surface area contributed by atoms with Gasteiger partial charge in [-0.15, -0.1) is 11.8 Å². The van der Waals surface area contributed by atoms with E-state index in [4.69, 9.17) is 4.98 Å². The Bertz CT molecular complexity index is 607. The standard InChI is InChI=1S/C18H24N2S/c1-3-13(2)12-21-18-15(11-19-16-8-9-16)10-14-6-4-5-7-17(14)20-18/h4-7,10,13,16,19H,3,8-9,11-12H2,1-2H3. The fourth-order valence-corrected chi connectivity index (χ4v) is 3.43. The summed E-state index contributed by atoms with van der Waals surface area (Å²) >= 11 is 1.92. The van der Waals surface area contributed by atoms with Crippen LogP contribution in [0.15, 0.2) is 35.4 Å². The Balaban J connectivity index is 1.83. The highest BCUT2D eigenvalue weighted by Gasteiger charge is 2.21. The van der Waals surface area contributed by atoms with Crippen LogP contribution in [0.25, 0.3) is 10.9 Å². The number of aromatic nitrogens is 1. The van der Waals surface area contributed by atoms with Crippen LogP contribution in [0.1, 0.15) is 38.7 Å². The molecule has 0 bridgehead atoms. The molecular weight excluding hydrogens is 276 g/mol. The molecule has 21 heavy (non-hydrogen) atoms. The summed E-state index contributed by atoms with van der Waals surface area (Å²) in [5.74, 6) is 1.89. The summed E-state index contributed by atoms with van der Waals surface area (Å²) < 4.78 is 0. The van der Waals surface area contributed by atoms with E-state index in [2.05, 4.69) is 49.5 Å². The van der Waals surface area contributed by atoms with E-state index < -0.39 is 0 Å². The Morgan fingerprint density at radius 1 is 1.33 bits per heavy atom. The molecule has 1 N–H and O–H groups in total. The summed E-state index contributed by atoms with van der Waals surface area (Å²) in [6, 6.07) is 11.5. The van der Waals surface area contributed by atoms with Crippen LogP contribution in [-0.2, 0) is 6.54 Å². The van der Waals surface area contributed by atoms with Gasteiger partial charge in [-0.25, -0.2) is 4.98 Å². The smallest absolute Gasteiger partial charge is 0.101 e. The van der Waals surface area contributed by atoms with Crippen LogP contribution in [0.2, 0.25) is 0 Å². The summed E-state index contributed by atoms with van der Waals surface area (Å²) in [7, 11) is 0. The van der Waals surface area contributed by atoms with Crippen molar-refractivity contribution in [3.63, 3.8) is 0 Å². The Hall–Kier alpha value is -1.06. The van der Waals surface area contributed by atoms with Crippen molar-refractivity contribution in [3.05, 3.63) is 35.9 Å². The zero-order valence-corrected chi connectivity index (χ0v) is 13.7. The second-order valence-electron chi connectivity index (χ2n) is 6.12. The minimum atomic E-state index is 0.740. The lowest BCUT2D eigenvalue weighted by Gasteiger charge is -2.13. The molecule has 1 aromatic heterocycles.